The highest BCUT2D eigenvalue weighted by Gasteiger charge is 2.32. The van der Waals surface area contributed by atoms with Crippen molar-refractivity contribution in [2.45, 2.75) is 128 Å². The highest BCUT2D eigenvalue weighted by molar-refractivity contribution is 6.31. The zero-order chi connectivity index (χ0) is 49.8. The van der Waals surface area contributed by atoms with Gasteiger partial charge < -0.3 is 28.7 Å². The molecule has 2 saturated carbocycles. The van der Waals surface area contributed by atoms with E-state index in [1.807, 2.05) is 0 Å². The van der Waals surface area contributed by atoms with Crippen LogP contribution in [0.15, 0.2) is 84.9 Å². The van der Waals surface area contributed by atoms with Crippen LogP contribution in [0.2, 0.25) is 10.0 Å². The molecule has 6 heterocycles. The molecule has 0 bridgehead atoms. The van der Waals surface area contributed by atoms with Crippen molar-refractivity contribution >= 4 is 68.7 Å². The van der Waals surface area contributed by atoms with E-state index in [0.29, 0.717) is 11.8 Å². The van der Waals surface area contributed by atoms with Crippen LogP contribution in [0, 0.1) is 0 Å². The van der Waals surface area contributed by atoms with Gasteiger partial charge in [0.2, 0.25) is 0 Å². The largest absolute Gasteiger partial charge is 0.373 e. The van der Waals surface area contributed by atoms with E-state index in [2.05, 4.69) is 114 Å². The maximum atomic E-state index is 8.12. The number of halogens is 2. The highest BCUT2D eigenvalue weighted by atomic mass is 35.5. The van der Waals surface area contributed by atoms with Crippen molar-refractivity contribution < 1.29 is 19.2 Å². The molecule has 12 heteroatoms. The van der Waals surface area contributed by atoms with Crippen molar-refractivity contribution in [1.29, 1.82) is 0 Å². The summed E-state index contributed by atoms with van der Waals surface area (Å²) in [7, 11) is 0. The van der Waals surface area contributed by atoms with Crippen molar-refractivity contribution in [2.75, 3.05) is 75.2 Å². The fourth-order valence-corrected chi connectivity index (χ4v) is 13.6. The minimum absolute atomic E-state index is 0.250. The van der Waals surface area contributed by atoms with Crippen molar-refractivity contribution in [2.24, 2.45) is 0 Å². The van der Waals surface area contributed by atoms with Gasteiger partial charge in [0.25, 0.3) is 0 Å². The summed E-state index contributed by atoms with van der Waals surface area (Å²) < 4.78 is 5.26. The second-order valence-corrected chi connectivity index (χ2v) is 21.7. The monoisotopic (exact) mass is 1010 g/mol. The standard InChI is InChI=1S/2C29H36ClN3.2CO2/c2*30-23-13-14-25-27(21-23)32(18-17-31-15-7-2-8-16-31)19-20-33-26-12-6-5-11-24(26)28(29(25)33)22-9-3-1-4-10-22;2*2-1-3/h2*5-6,11-14,21-22H,1-4,7-10,15-20H2;;. The Morgan fingerprint density at radius 2 is 0.778 bits per heavy atom. The van der Waals surface area contributed by atoms with E-state index in [1.165, 1.54) is 185 Å². The number of carbonyl (C=O) groups excluding carboxylic acids is 4. The topological polar surface area (TPSA) is 91.1 Å². The fourth-order valence-electron chi connectivity index (χ4n) is 13.3. The maximum absolute atomic E-state index is 8.12. The first-order chi connectivity index (χ1) is 35.4. The van der Waals surface area contributed by atoms with Crippen LogP contribution in [0.25, 0.3) is 44.3 Å². The molecule has 4 aromatic carbocycles. The minimum atomic E-state index is 0.250. The third-order valence-electron chi connectivity index (χ3n) is 16.6. The van der Waals surface area contributed by atoms with Crippen LogP contribution in [-0.2, 0) is 32.3 Å². The Kier molecular flexibility index (Phi) is 18.1. The second kappa shape index (κ2) is 25.2. The molecule has 10 nitrogen and oxygen atoms in total. The van der Waals surface area contributed by atoms with Gasteiger partial charge in [-0.3, -0.25) is 0 Å². The predicted octanol–water partition coefficient (Wildman–Crippen LogP) is 13.5. The summed E-state index contributed by atoms with van der Waals surface area (Å²) in [5.41, 5.74) is 14.4. The minimum Gasteiger partial charge on any atom is -0.368 e. The third-order valence-corrected chi connectivity index (χ3v) is 17.1. The molecule has 2 aromatic heterocycles. The van der Waals surface area contributed by atoms with E-state index in [-0.39, 0.29) is 12.3 Å². The average Bonchev–Trinajstić information content (AvgIpc) is 3.81. The quantitative estimate of drug-likeness (QED) is 0.149. The van der Waals surface area contributed by atoms with Crippen LogP contribution in [0.5, 0.6) is 0 Å². The average molecular weight is 1010 g/mol. The molecular formula is C60H72Cl2N6O4. The SMILES string of the molecule is Clc1ccc2c(c1)N(CCN1CCCCC1)CCn1c-2c(C2CCCCC2)c2ccccc21.Clc1ccc2c(c1)N(CCN1CCCCC1)CCn1c-2c(C2CCCCC2)c2ccccc21.O=C=O.O=C=O. The van der Waals surface area contributed by atoms with Crippen molar-refractivity contribution in [3.8, 4) is 22.5 Å². The number of aromatic nitrogens is 2. The Balaban J connectivity index is 0.000000161. The Morgan fingerprint density at radius 3 is 1.17 bits per heavy atom. The zero-order valence-corrected chi connectivity index (χ0v) is 43.6. The van der Waals surface area contributed by atoms with Crippen LogP contribution in [0.3, 0.4) is 0 Å². The van der Waals surface area contributed by atoms with Crippen LogP contribution < -0.4 is 9.80 Å². The molecule has 2 saturated heterocycles. The van der Waals surface area contributed by atoms with Gasteiger partial charge in [-0.15, -0.1) is 0 Å². The zero-order valence-electron chi connectivity index (χ0n) is 42.1. The molecule has 0 radical (unpaired) electrons. The van der Waals surface area contributed by atoms with Crippen LogP contribution in [0.4, 0.5) is 11.4 Å². The van der Waals surface area contributed by atoms with Crippen LogP contribution in [0.1, 0.15) is 126 Å². The molecule has 0 amide bonds. The van der Waals surface area contributed by atoms with Crippen molar-refractivity contribution in [1.82, 2.24) is 18.9 Å². The molecule has 2 aliphatic carbocycles. The summed E-state index contributed by atoms with van der Waals surface area (Å²) >= 11 is 13.2. The number of hydrogen-bond acceptors (Lipinski definition) is 8. The smallest absolute Gasteiger partial charge is 0.368 e. The molecule has 0 N–H and O–H groups in total. The molecule has 72 heavy (non-hydrogen) atoms. The number of anilines is 2. The van der Waals surface area contributed by atoms with Gasteiger partial charge in [-0.1, -0.05) is 111 Å². The Labute approximate surface area is 436 Å². The van der Waals surface area contributed by atoms with Crippen molar-refractivity contribution in [3.05, 3.63) is 106 Å². The lowest BCUT2D eigenvalue weighted by Gasteiger charge is -2.31. The van der Waals surface area contributed by atoms with Crippen LogP contribution >= 0.6 is 23.2 Å². The summed E-state index contributed by atoms with van der Waals surface area (Å²) in [6.07, 6.45) is 22.2. The van der Waals surface area contributed by atoms with Gasteiger partial charge in [0.1, 0.15) is 0 Å². The number of fused-ring (bicyclic) bond motifs is 10. The molecule has 6 aliphatic rings. The highest BCUT2D eigenvalue weighted by Crippen LogP contribution is 2.49. The van der Waals surface area contributed by atoms with Gasteiger partial charge in [0.15, 0.2) is 0 Å². The van der Waals surface area contributed by atoms with Gasteiger partial charge in [0, 0.05) is 107 Å². The van der Waals surface area contributed by atoms with Crippen molar-refractivity contribution in [3.63, 3.8) is 0 Å². The maximum Gasteiger partial charge on any atom is 0.373 e. The van der Waals surface area contributed by atoms with Gasteiger partial charge in [-0.2, -0.15) is 19.2 Å². The summed E-state index contributed by atoms with van der Waals surface area (Å²) in [6.45, 7) is 13.6. The summed E-state index contributed by atoms with van der Waals surface area (Å²) in [4.78, 5) is 43.0. The van der Waals surface area contributed by atoms with E-state index in [1.54, 1.807) is 11.1 Å². The third kappa shape index (κ3) is 11.6. The number of benzene rings is 4. The lowest BCUT2D eigenvalue weighted by molar-refractivity contribution is -0.193. The summed E-state index contributed by atoms with van der Waals surface area (Å²) in [5, 5.41) is 4.64. The number of piperidine rings is 2. The molecular weight excluding hydrogens is 940 g/mol. The molecule has 12 rings (SSSR count). The summed E-state index contributed by atoms with van der Waals surface area (Å²) in [5.74, 6) is 1.34. The molecule has 0 unspecified atom stereocenters. The second-order valence-electron chi connectivity index (χ2n) is 20.8. The molecule has 6 aromatic rings. The predicted molar refractivity (Wildman–Crippen MR) is 291 cm³/mol. The summed E-state index contributed by atoms with van der Waals surface area (Å²) in [6, 6.07) is 31.5. The van der Waals surface area contributed by atoms with E-state index < -0.39 is 0 Å². The number of likely N-dealkylation sites (tertiary alicyclic amines) is 2. The molecule has 4 fully saturated rings. The molecule has 0 atom stereocenters. The number of hydrogen-bond donors (Lipinski definition) is 0. The fraction of sp³-hybridized carbons (Fsp3) is 0.500. The van der Waals surface area contributed by atoms with E-state index >= 15 is 0 Å². The Morgan fingerprint density at radius 1 is 0.417 bits per heavy atom. The van der Waals surface area contributed by atoms with Gasteiger partial charge in [0.05, 0.1) is 11.4 Å². The molecule has 380 valence electrons. The number of rotatable bonds is 8. The first-order valence-electron chi connectivity index (χ1n) is 27.2. The van der Waals surface area contributed by atoms with Gasteiger partial charge >= 0.3 is 12.3 Å². The Bertz CT molecular complexity index is 2630. The number of para-hydroxylation sites is 2. The van der Waals surface area contributed by atoms with E-state index in [9.17, 15) is 0 Å². The lowest BCUT2D eigenvalue weighted by atomic mass is 9.81. The Hall–Kier alpha value is -5.18. The molecule has 0 spiro atoms. The first-order valence-corrected chi connectivity index (χ1v) is 27.9. The van der Waals surface area contributed by atoms with Gasteiger partial charge in [-0.25, -0.2) is 0 Å². The van der Waals surface area contributed by atoms with Crippen LogP contribution in [-0.4, -0.2) is 96.7 Å². The first kappa shape index (κ1) is 51.7. The normalized spacial score (nSPS) is 18.5. The number of nitrogens with zero attached hydrogens (tertiary/aromatic N) is 6. The lowest BCUT2D eigenvalue weighted by Crippen LogP contribution is -2.38. The van der Waals surface area contributed by atoms with Gasteiger partial charge in [-0.05, 0) is 149 Å². The van der Waals surface area contributed by atoms with E-state index in [4.69, 9.17) is 42.4 Å². The van der Waals surface area contributed by atoms with E-state index in [0.717, 1.165) is 62.4 Å². The molecule has 4 aliphatic heterocycles.